The van der Waals surface area contributed by atoms with Gasteiger partial charge in [0.05, 0.1) is 10.6 Å². The van der Waals surface area contributed by atoms with Crippen molar-refractivity contribution in [2.45, 2.75) is 6.92 Å². The summed E-state index contributed by atoms with van der Waals surface area (Å²) in [5.74, 6) is -0.474. The van der Waals surface area contributed by atoms with E-state index in [1.165, 1.54) is 11.3 Å². The Bertz CT molecular complexity index is 1150. The van der Waals surface area contributed by atoms with E-state index in [1.54, 1.807) is 53.5 Å². The summed E-state index contributed by atoms with van der Waals surface area (Å²) in [5, 5.41) is 11.0. The van der Waals surface area contributed by atoms with Crippen molar-refractivity contribution in [2.24, 2.45) is 7.05 Å². The number of hydrogen-bond donors (Lipinski definition) is 2. The number of carbonyl (C=O) groups is 2. The molecule has 0 aliphatic rings. The summed E-state index contributed by atoms with van der Waals surface area (Å²) in [6, 6.07) is 12.1. The zero-order valence-electron chi connectivity index (χ0n) is 15.3. The fraction of sp³-hybridized carbons (Fsp3) is 0.100. The lowest BCUT2D eigenvalue weighted by Crippen LogP contribution is -2.14. The number of aromatic nitrogens is 3. The Morgan fingerprint density at radius 3 is 2.50 bits per heavy atom. The van der Waals surface area contributed by atoms with Gasteiger partial charge in [-0.15, -0.1) is 11.3 Å². The summed E-state index contributed by atoms with van der Waals surface area (Å²) in [5.41, 5.74) is 2.55. The molecule has 2 N–H and O–H groups in total. The third-order valence-corrected chi connectivity index (χ3v) is 5.44. The van der Waals surface area contributed by atoms with E-state index in [0.717, 1.165) is 15.9 Å². The minimum absolute atomic E-state index is 0.215. The normalized spacial score (nSPS) is 10.8. The van der Waals surface area contributed by atoms with Gasteiger partial charge in [-0.2, -0.15) is 5.10 Å². The lowest BCUT2D eigenvalue weighted by atomic mass is 10.2. The van der Waals surface area contributed by atoms with E-state index < -0.39 is 0 Å². The second kappa shape index (κ2) is 7.24. The van der Waals surface area contributed by atoms with Crippen LogP contribution in [0.1, 0.15) is 25.7 Å². The van der Waals surface area contributed by atoms with E-state index >= 15 is 0 Å². The number of fused-ring (bicyclic) bond motifs is 1. The Kier molecular flexibility index (Phi) is 4.62. The minimum atomic E-state index is -0.258. The second-order valence-electron chi connectivity index (χ2n) is 6.26. The molecular weight excluding hydrogens is 374 g/mol. The highest BCUT2D eigenvalue weighted by Crippen LogP contribution is 2.28. The number of thiophene rings is 1. The second-order valence-corrected chi connectivity index (χ2v) is 7.29. The Morgan fingerprint density at radius 2 is 1.75 bits per heavy atom. The van der Waals surface area contributed by atoms with Crippen molar-refractivity contribution < 1.29 is 9.59 Å². The monoisotopic (exact) mass is 391 g/mol. The topological polar surface area (TPSA) is 88.9 Å². The molecule has 2 amide bonds. The summed E-state index contributed by atoms with van der Waals surface area (Å²) in [4.78, 5) is 30.5. The van der Waals surface area contributed by atoms with Gasteiger partial charge in [0.25, 0.3) is 11.8 Å². The standard InChI is InChI=1S/C20H17N5O2S/c1-12-16-11-17(28-20(16)25(2)24-12)19(27)23-15-5-3-4-13(10-15)18(26)22-14-6-8-21-9-7-14/h3-11H,1-2H3,(H,23,27)(H,21,22,26). The number of pyridine rings is 1. The van der Waals surface area contributed by atoms with Gasteiger partial charge in [0.1, 0.15) is 4.83 Å². The molecule has 3 heterocycles. The summed E-state index contributed by atoms with van der Waals surface area (Å²) in [6.45, 7) is 1.92. The molecule has 0 radical (unpaired) electrons. The SMILES string of the molecule is Cc1nn(C)c2sc(C(=O)Nc3cccc(C(=O)Nc4ccncc4)c3)cc12. The van der Waals surface area contributed by atoms with Crippen molar-refractivity contribution in [3.8, 4) is 0 Å². The minimum Gasteiger partial charge on any atom is -0.322 e. The zero-order valence-corrected chi connectivity index (χ0v) is 16.1. The number of carbonyl (C=O) groups excluding carboxylic acids is 2. The van der Waals surface area contributed by atoms with E-state index in [4.69, 9.17) is 0 Å². The van der Waals surface area contributed by atoms with Crippen LogP contribution >= 0.6 is 11.3 Å². The van der Waals surface area contributed by atoms with Crippen LogP contribution in [0.4, 0.5) is 11.4 Å². The molecule has 8 heteroatoms. The molecule has 0 spiro atoms. The van der Waals surface area contributed by atoms with Crippen LogP contribution in [0.3, 0.4) is 0 Å². The predicted molar refractivity (Wildman–Crippen MR) is 110 cm³/mol. The van der Waals surface area contributed by atoms with Crippen LogP contribution in [0, 0.1) is 6.92 Å². The number of nitrogens with zero attached hydrogens (tertiary/aromatic N) is 3. The van der Waals surface area contributed by atoms with Gasteiger partial charge in [-0.25, -0.2) is 0 Å². The van der Waals surface area contributed by atoms with Crippen LogP contribution in [0.15, 0.2) is 54.9 Å². The molecule has 28 heavy (non-hydrogen) atoms. The van der Waals surface area contributed by atoms with Crippen molar-refractivity contribution in [3.63, 3.8) is 0 Å². The lowest BCUT2D eigenvalue weighted by Gasteiger charge is -2.08. The van der Waals surface area contributed by atoms with Crippen molar-refractivity contribution in [3.05, 3.63) is 71.0 Å². The maximum Gasteiger partial charge on any atom is 0.265 e. The molecule has 0 aliphatic carbocycles. The summed E-state index contributed by atoms with van der Waals surface area (Å²) in [7, 11) is 1.86. The van der Waals surface area contributed by atoms with Gasteiger partial charge >= 0.3 is 0 Å². The smallest absolute Gasteiger partial charge is 0.265 e. The molecule has 4 rings (SSSR count). The summed E-state index contributed by atoms with van der Waals surface area (Å²) < 4.78 is 1.77. The maximum atomic E-state index is 12.6. The zero-order chi connectivity index (χ0) is 19.7. The first-order chi connectivity index (χ1) is 13.5. The Balaban J connectivity index is 1.51. The summed E-state index contributed by atoms with van der Waals surface area (Å²) in [6.07, 6.45) is 3.21. The average Bonchev–Trinajstić information content (AvgIpc) is 3.24. The molecule has 0 unspecified atom stereocenters. The highest BCUT2D eigenvalue weighted by atomic mass is 32.1. The van der Waals surface area contributed by atoms with E-state index in [9.17, 15) is 9.59 Å². The lowest BCUT2D eigenvalue weighted by molar-refractivity contribution is 0.101. The molecule has 7 nitrogen and oxygen atoms in total. The third-order valence-electron chi connectivity index (χ3n) is 4.24. The van der Waals surface area contributed by atoms with Crippen LogP contribution in [-0.4, -0.2) is 26.6 Å². The number of hydrogen-bond acceptors (Lipinski definition) is 5. The van der Waals surface area contributed by atoms with Gasteiger partial charge in [0, 0.05) is 41.8 Å². The first kappa shape index (κ1) is 17.9. The maximum absolute atomic E-state index is 12.6. The molecule has 0 fully saturated rings. The van der Waals surface area contributed by atoms with E-state index in [2.05, 4.69) is 20.7 Å². The average molecular weight is 391 g/mol. The van der Waals surface area contributed by atoms with E-state index in [0.29, 0.717) is 21.8 Å². The van der Waals surface area contributed by atoms with Gasteiger partial charge in [0.15, 0.2) is 0 Å². The molecule has 4 aromatic rings. The fourth-order valence-electron chi connectivity index (χ4n) is 2.89. The molecule has 0 bridgehead atoms. The van der Waals surface area contributed by atoms with Gasteiger partial charge in [-0.1, -0.05) is 6.07 Å². The van der Waals surface area contributed by atoms with Crippen LogP contribution in [0.2, 0.25) is 0 Å². The van der Waals surface area contributed by atoms with E-state index in [1.807, 2.05) is 20.0 Å². The third kappa shape index (κ3) is 3.49. The molecule has 1 aromatic carbocycles. The number of anilines is 2. The largest absolute Gasteiger partial charge is 0.322 e. The molecule has 0 aliphatic heterocycles. The Morgan fingerprint density at radius 1 is 1.00 bits per heavy atom. The number of amides is 2. The van der Waals surface area contributed by atoms with Crippen LogP contribution < -0.4 is 10.6 Å². The number of rotatable bonds is 4. The van der Waals surface area contributed by atoms with Crippen molar-refractivity contribution in [1.29, 1.82) is 0 Å². The highest BCUT2D eigenvalue weighted by Gasteiger charge is 2.16. The van der Waals surface area contributed by atoms with Crippen LogP contribution in [-0.2, 0) is 7.05 Å². The Hall–Kier alpha value is -3.52. The molecular formula is C20H17N5O2S. The highest BCUT2D eigenvalue weighted by molar-refractivity contribution is 7.20. The molecule has 140 valence electrons. The van der Waals surface area contributed by atoms with Crippen molar-refractivity contribution in [1.82, 2.24) is 14.8 Å². The first-order valence-corrected chi connectivity index (χ1v) is 9.39. The van der Waals surface area contributed by atoms with Gasteiger partial charge in [0.2, 0.25) is 0 Å². The van der Waals surface area contributed by atoms with Crippen LogP contribution in [0.5, 0.6) is 0 Å². The van der Waals surface area contributed by atoms with Gasteiger partial charge in [-0.05, 0) is 43.3 Å². The molecule has 3 aromatic heterocycles. The van der Waals surface area contributed by atoms with Gasteiger partial charge in [-0.3, -0.25) is 19.3 Å². The first-order valence-electron chi connectivity index (χ1n) is 8.57. The van der Waals surface area contributed by atoms with Crippen molar-refractivity contribution in [2.75, 3.05) is 10.6 Å². The van der Waals surface area contributed by atoms with Crippen molar-refractivity contribution >= 4 is 44.7 Å². The van der Waals surface area contributed by atoms with Crippen LogP contribution in [0.25, 0.3) is 10.2 Å². The quantitative estimate of drug-likeness (QED) is 0.553. The number of benzene rings is 1. The van der Waals surface area contributed by atoms with Gasteiger partial charge < -0.3 is 10.6 Å². The molecule has 0 saturated heterocycles. The number of nitrogens with one attached hydrogen (secondary N) is 2. The molecule has 0 atom stereocenters. The Labute approximate surface area is 165 Å². The summed E-state index contributed by atoms with van der Waals surface area (Å²) >= 11 is 1.39. The fourth-order valence-corrected chi connectivity index (χ4v) is 3.90. The van der Waals surface area contributed by atoms with E-state index in [-0.39, 0.29) is 11.8 Å². The number of aryl methyl sites for hydroxylation is 2. The molecule has 0 saturated carbocycles. The predicted octanol–water partition coefficient (Wildman–Crippen LogP) is 3.84.